The number of aromatic nitrogens is 1. The largest absolute Gasteiger partial charge is 0.397 e. The molecule has 5 heteroatoms. The fourth-order valence-electron chi connectivity index (χ4n) is 1.77. The smallest absolute Gasteiger partial charge is 0.258 e. The molecule has 2 aromatic rings. The zero-order valence-corrected chi connectivity index (χ0v) is 12.1. The molecule has 20 heavy (non-hydrogen) atoms. The van der Waals surface area contributed by atoms with Crippen LogP contribution in [0.3, 0.4) is 0 Å². The van der Waals surface area contributed by atoms with E-state index in [9.17, 15) is 4.79 Å². The first-order valence-corrected chi connectivity index (χ1v) is 6.67. The van der Waals surface area contributed by atoms with E-state index in [1.54, 1.807) is 0 Å². The van der Waals surface area contributed by atoms with Crippen LogP contribution in [-0.4, -0.2) is 10.9 Å². The summed E-state index contributed by atoms with van der Waals surface area (Å²) in [6.07, 6.45) is 1.41. The van der Waals surface area contributed by atoms with Gasteiger partial charge in [0.1, 0.15) is 5.15 Å². The highest BCUT2D eigenvalue weighted by Crippen LogP contribution is 2.20. The van der Waals surface area contributed by atoms with E-state index in [0.29, 0.717) is 17.3 Å². The standard InChI is InChI=1S/C15H16ClN3O/c1-9(2)10-3-5-12(6-4-10)19-15(20)13-7-11(17)8-18-14(13)16/h3-9H,17H2,1-2H3,(H,19,20). The van der Waals surface area contributed by atoms with E-state index in [1.807, 2.05) is 24.3 Å². The molecule has 1 aromatic heterocycles. The number of nitrogen functional groups attached to an aromatic ring is 1. The predicted molar refractivity (Wildman–Crippen MR) is 82.1 cm³/mol. The maximum absolute atomic E-state index is 12.1. The van der Waals surface area contributed by atoms with Crippen LogP contribution in [0.5, 0.6) is 0 Å². The summed E-state index contributed by atoms with van der Waals surface area (Å²) >= 11 is 5.90. The van der Waals surface area contributed by atoms with Gasteiger partial charge in [-0.25, -0.2) is 4.98 Å². The van der Waals surface area contributed by atoms with Gasteiger partial charge in [0, 0.05) is 5.69 Å². The lowest BCUT2D eigenvalue weighted by Gasteiger charge is -2.09. The summed E-state index contributed by atoms with van der Waals surface area (Å²) in [7, 11) is 0. The maximum Gasteiger partial charge on any atom is 0.258 e. The monoisotopic (exact) mass is 289 g/mol. The third kappa shape index (κ3) is 3.27. The number of hydrogen-bond donors (Lipinski definition) is 2. The minimum atomic E-state index is -0.327. The second kappa shape index (κ2) is 5.92. The molecule has 3 N–H and O–H groups in total. The Morgan fingerprint density at radius 3 is 2.55 bits per heavy atom. The number of halogens is 1. The van der Waals surface area contributed by atoms with Crippen LogP contribution in [0.25, 0.3) is 0 Å². The van der Waals surface area contributed by atoms with E-state index in [0.717, 1.165) is 0 Å². The highest BCUT2D eigenvalue weighted by atomic mass is 35.5. The molecule has 0 spiro atoms. The Morgan fingerprint density at radius 1 is 1.30 bits per heavy atom. The summed E-state index contributed by atoms with van der Waals surface area (Å²) < 4.78 is 0. The Hall–Kier alpha value is -2.07. The molecule has 0 aliphatic rings. The van der Waals surface area contributed by atoms with Gasteiger partial charge < -0.3 is 11.1 Å². The van der Waals surface area contributed by atoms with Crippen LogP contribution in [0, 0.1) is 0 Å². The Balaban J connectivity index is 2.17. The molecule has 0 saturated carbocycles. The lowest BCUT2D eigenvalue weighted by molar-refractivity contribution is 0.102. The molecular formula is C15H16ClN3O. The number of nitrogens with two attached hydrogens (primary N) is 1. The summed E-state index contributed by atoms with van der Waals surface area (Å²) in [6.45, 7) is 4.23. The van der Waals surface area contributed by atoms with Crippen LogP contribution in [-0.2, 0) is 0 Å². The molecule has 2 rings (SSSR count). The van der Waals surface area contributed by atoms with Crippen molar-refractivity contribution in [1.82, 2.24) is 4.98 Å². The van der Waals surface area contributed by atoms with Crippen molar-refractivity contribution in [2.24, 2.45) is 0 Å². The number of carbonyl (C=O) groups is 1. The lowest BCUT2D eigenvalue weighted by atomic mass is 10.0. The van der Waals surface area contributed by atoms with Crippen molar-refractivity contribution in [1.29, 1.82) is 0 Å². The van der Waals surface area contributed by atoms with Crippen molar-refractivity contribution in [3.05, 3.63) is 52.8 Å². The van der Waals surface area contributed by atoms with E-state index < -0.39 is 0 Å². The molecule has 0 fully saturated rings. The normalized spacial score (nSPS) is 10.6. The fraction of sp³-hybridized carbons (Fsp3) is 0.200. The van der Waals surface area contributed by atoms with Crippen LogP contribution in [0.4, 0.5) is 11.4 Å². The quantitative estimate of drug-likeness (QED) is 0.847. The van der Waals surface area contributed by atoms with Crippen LogP contribution >= 0.6 is 11.6 Å². The summed E-state index contributed by atoms with van der Waals surface area (Å²) in [5.74, 6) is 0.124. The number of rotatable bonds is 3. The van der Waals surface area contributed by atoms with Gasteiger partial charge in [-0.05, 0) is 29.7 Å². The molecule has 104 valence electrons. The molecule has 1 aromatic carbocycles. The number of nitrogens with zero attached hydrogens (tertiary/aromatic N) is 1. The van der Waals surface area contributed by atoms with Gasteiger partial charge in [0.25, 0.3) is 5.91 Å². The number of pyridine rings is 1. The first-order chi connectivity index (χ1) is 9.47. The second-order valence-electron chi connectivity index (χ2n) is 4.84. The van der Waals surface area contributed by atoms with Crippen molar-refractivity contribution in [3.8, 4) is 0 Å². The molecule has 0 radical (unpaired) electrons. The van der Waals surface area contributed by atoms with Crippen LogP contribution < -0.4 is 11.1 Å². The molecule has 0 saturated heterocycles. The van der Waals surface area contributed by atoms with E-state index in [-0.39, 0.29) is 16.6 Å². The first-order valence-electron chi connectivity index (χ1n) is 6.29. The fourth-order valence-corrected chi connectivity index (χ4v) is 1.96. The summed E-state index contributed by atoms with van der Waals surface area (Å²) in [4.78, 5) is 16.0. The van der Waals surface area contributed by atoms with Gasteiger partial charge in [0.15, 0.2) is 0 Å². The number of benzene rings is 1. The Kier molecular flexibility index (Phi) is 4.25. The van der Waals surface area contributed by atoms with Crippen molar-refractivity contribution < 1.29 is 4.79 Å². The lowest BCUT2D eigenvalue weighted by Crippen LogP contribution is -2.13. The molecular weight excluding hydrogens is 274 g/mol. The second-order valence-corrected chi connectivity index (χ2v) is 5.20. The van der Waals surface area contributed by atoms with E-state index >= 15 is 0 Å². The summed E-state index contributed by atoms with van der Waals surface area (Å²) in [5, 5.41) is 2.91. The van der Waals surface area contributed by atoms with Crippen molar-refractivity contribution in [2.45, 2.75) is 19.8 Å². The molecule has 0 aliphatic carbocycles. The van der Waals surface area contributed by atoms with Gasteiger partial charge in [0.2, 0.25) is 0 Å². The molecule has 4 nitrogen and oxygen atoms in total. The number of amides is 1. The van der Waals surface area contributed by atoms with Gasteiger partial charge >= 0.3 is 0 Å². The van der Waals surface area contributed by atoms with Crippen LogP contribution in [0.1, 0.15) is 35.7 Å². The molecule has 1 heterocycles. The highest BCUT2D eigenvalue weighted by molar-refractivity contribution is 6.33. The van der Waals surface area contributed by atoms with Gasteiger partial charge in [-0.3, -0.25) is 4.79 Å². The number of anilines is 2. The predicted octanol–water partition coefficient (Wildman–Crippen LogP) is 3.69. The summed E-state index contributed by atoms with van der Waals surface area (Å²) in [5.41, 5.74) is 8.19. The Bertz CT molecular complexity index is 624. The molecule has 0 unspecified atom stereocenters. The number of nitrogens with one attached hydrogen (secondary N) is 1. The van der Waals surface area contributed by atoms with Crippen molar-refractivity contribution in [2.75, 3.05) is 11.1 Å². The highest BCUT2D eigenvalue weighted by Gasteiger charge is 2.12. The SMILES string of the molecule is CC(C)c1ccc(NC(=O)c2cc(N)cnc2Cl)cc1. The van der Waals surface area contributed by atoms with Crippen LogP contribution in [0.2, 0.25) is 5.15 Å². The molecule has 1 amide bonds. The third-order valence-corrected chi connectivity index (χ3v) is 3.24. The van der Waals surface area contributed by atoms with Gasteiger partial charge in [-0.1, -0.05) is 37.6 Å². The number of carbonyl (C=O) groups excluding carboxylic acids is 1. The average Bonchev–Trinajstić information content (AvgIpc) is 2.42. The topological polar surface area (TPSA) is 68.0 Å². The minimum Gasteiger partial charge on any atom is -0.397 e. The Labute approximate surface area is 123 Å². The Morgan fingerprint density at radius 2 is 1.95 bits per heavy atom. The van der Waals surface area contributed by atoms with Crippen molar-refractivity contribution >= 4 is 28.9 Å². The van der Waals surface area contributed by atoms with Crippen LogP contribution in [0.15, 0.2) is 36.5 Å². The zero-order chi connectivity index (χ0) is 14.7. The van der Waals surface area contributed by atoms with E-state index in [2.05, 4.69) is 24.1 Å². The third-order valence-electron chi connectivity index (χ3n) is 2.94. The number of hydrogen-bond acceptors (Lipinski definition) is 3. The zero-order valence-electron chi connectivity index (χ0n) is 11.4. The van der Waals surface area contributed by atoms with E-state index in [4.69, 9.17) is 17.3 Å². The van der Waals surface area contributed by atoms with Gasteiger partial charge in [-0.15, -0.1) is 0 Å². The molecule has 0 bridgehead atoms. The first kappa shape index (κ1) is 14.3. The minimum absolute atomic E-state index is 0.135. The van der Waals surface area contributed by atoms with Gasteiger partial charge in [0.05, 0.1) is 17.4 Å². The van der Waals surface area contributed by atoms with Gasteiger partial charge in [-0.2, -0.15) is 0 Å². The average molecular weight is 290 g/mol. The van der Waals surface area contributed by atoms with E-state index in [1.165, 1.54) is 17.8 Å². The summed E-state index contributed by atoms with van der Waals surface area (Å²) in [6, 6.07) is 9.20. The maximum atomic E-state index is 12.1. The van der Waals surface area contributed by atoms with Crippen molar-refractivity contribution in [3.63, 3.8) is 0 Å². The molecule has 0 atom stereocenters. The molecule has 0 aliphatic heterocycles.